The topological polar surface area (TPSA) is 26.7 Å². The first-order valence-electron chi connectivity index (χ1n) is 8.51. The maximum atomic E-state index is 10.0. The molecular formula is C18H30Cl2N2O. The first-order valence-corrected chi connectivity index (χ1v) is 8.51. The monoisotopic (exact) mass is 360 g/mol. The van der Waals surface area contributed by atoms with Crippen molar-refractivity contribution in [3.63, 3.8) is 0 Å². The smallest absolute Gasteiger partial charge is 0.0695 e. The van der Waals surface area contributed by atoms with Crippen molar-refractivity contribution < 1.29 is 5.11 Å². The third kappa shape index (κ3) is 5.91. The predicted molar refractivity (Wildman–Crippen MR) is 101 cm³/mol. The quantitative estimate of drug-likeness (QED) is 0.874. The summed E-state index contributed by atoms with van der Waals surface area (Å²) >= 11 is 0. The van der Waals surface area contributed by atoms with Gasteiger partial charge in [0.2, 0.25) is 0 Å². The number of aliphatic hydroxyl groups is 1. The van der Waals surface area contributed by atoms with Crippen LogP contribution in [0.25, 0.3) is 0 Å². The first kappa shape index (κ1) is 20.7. The lowest BCUT2D eigenvalue weighted by molar-refractivity contribution is 0.0353. The molecule has 3 rings (SSSR count). The highest BCUT2D eigenvalue weighted by Gasteiger charge is 2.32. The Labute approximate surface area is 152 Å². The second-order valence-corrected chi connectivity index (χ2v) is 6.53. The van der Waals surface area contributed by atoms with Crippen molar-refractivity contribution >= 4 is 24.8 Å². The third-order valence-electron chi connectivity index (χ3n) is 5.10. The number of aliphatic hydroxyl groups excluding tert-OH is 1. The van der Waals surface area contributed by atoms with Crippen LogP contribution in [0.5, 0.6) is 0 Å². The zero-order valence-electron chi connectivity index (χ0n) is 13.8. The van der Waals surface area contributed by atoms with Crippen LogP contribution in [0.4, 0.5) is 0 Å². The summed E-state index contributed by atoms with van der Waals surface area (Å²) in [6.07, 6.45) is 5.74. The Bertz CT molecular complexity index is 424. The van der Waals surface area contributed by atoms with Crippen LogP contribution in [0.3, 0.4) is 0 Å². The molecule has 132 valence electrons. The average molecular weight is 361 g/mol. The van der Waals surface area contributed by atoms with Gasteiger partial charge in [0.05, 0.1) is 6.10 Å². The number of benzene rings is 1. The zero-order valence-corrected chi connectivity index (χ0v) is 15.4. The summed E-state index contributed by atoms with van der Waals surface area (Å²) in [7, 11) is 0. The molecule has 1 aromatic rings. The van der Waals surface area contributed by atoms with Gasteiger partial charge in [0, 0.05) is 32.2 Å². The van der Waals surface area contributed by atoms with Crippen LogP contribution in [0, 0.1) is 0 Å². The normalized spacial score (nSPS) is 25.6. The maximum absolute atomic E-state index is 10.0. The standard InChI is InChI=1S/C18H28N2O.2ClH/c21-18-10-4-9-17(18)20-14-12-19(13-15-20)11-5-8-16-6-2-1-3-7-16;;/h1-3,6-7,17-18,21H,4-5,8-15H2;2*1H/t17-,18-;;/m0../s1. The van der Waals surface area contributed by atoms with Gasteiger partial charge in [0.15, 0.2) is 0 Å². The SMILES string of the molecule is Cl.Cl.O[C@H]1CCC[C@@H]1N1CCN(CCCc2ccccc2)CC1. The van der Waals surface area contributed by atoms with E-state index >= 15 is 0 Å². The lowest BCUT2D eigenvalue weighted by Gasteiger charge is -2.39. The molecule has 1 saturated heterocycles. The van der Waals surface area contributed by atoms with Gasteiger partial charge in [-0.05, 0) is 44.2 Å². The molecule has 3 nitrogen and oxygen atoms in total. The summed E-state index contributed by atoms with van der Waals surface area (Å²) in [5.74, 6) is 0. The van der Waals surface area contributed by atoms with Crippen molar-refractivity contribution in [2.24, 2.45) is 0 Å². The zero-order chi connectivity index (χ0) is 14.5. The Morgan fingerprint density at radius 1 is 0.957 bits per heavy atom. The molecule has 5 heteroatoms. The highest BCUT2D eigenvalue weighted by Crippen LogP contribution is 2.25. The van der Waals surface area contributed by atoms with Crippen LogP contribution in [0.15, 0.2) is 30.3 Å². The van der Waals surface area contributed by atoms with Crippen molar-refractivity contribution in [1.82, 2.24) is 9.80 Å². The summed E-state index contributed by atoms with van der Waals surface area (Å²) in [6.45, 7) is 5.80. The van der Waals surface area contributed by atoms with Gasteiger partial charge in [-0.1, -0.05) is 30.3 Å². The predicted octanol–water partition coefficient (Wildman–Crippen LogP) is 2.99. The molecule has 1 aromatic carbocycles. The fraction of sp³-hybridized carbons (Fsp3) is 0.667. The fourth-order valence-electron chi connectivity index (χ4n) is 3.82. The van der Waals surface area contributed by atoms with Crippen LogP contribution in [-0.4, -0.2) is 59.8 Å². The Hall–Kier alpha value is -0.320. The van der Waals surface area contributed by atoms with Gasteiger partial charge < -0.3 is 10.0 Å². The van der Waals surface area contributed by atoms with Gasteiger partial charge in [-0.25, -0.2) is 0 Å². The van der Waals surface area contributed by atoms with Crippen LogP contribution in [-0.2, 0) is 6.42 Å². The van der Waals surface area contributed by atoms with Crippen molar-refractivity contribution in [1.29, 1.82) is 0 Å². The third-order valence-corrected chi connectivity index (χ3v) is 5.10. The summed E-state index contributed by atoms with van der Waals surface area (Å²) in [5.41, 5.74) is 1.45. The molecule has 0 bridgehead atoms. The molecule has 2 fully saturated rings. The van der Waals surface area contributed by atoms with E-state index in [1.165, 1.54) is 37.8 Å². The minimum Gasteiger partial charge on any atom is -0.391 e. The molecule has 0 aromatic heterocycles. The highest BCUT2D eigenvalue weighted by atomic mass is 35.5. The first-order chi connectivity index (χ1) is 10.3. The van der Waals surface area contributed by atoms with Crippen molar-refractivity contribution in [3.8, 4) is 0 Å². The van der Waals surface area contributed by atoms with Crippen LogP contribution < -0.4 is 0 Å². The summed E-state index contributed by atoms with van der Waals surface area (Å²) in [4.78, 5) is 5.10. The van der Waals surface area contributed by atoms with Crippen LogP contribution in [0.1, 0.15) is 31.2 Å². The molecule has 1 N–H and O–H groups in total. The minimum atomic E-state index is -0.0744. The molecular weight excluding hydrogens is 331 g/mol. The molecule has 0 spiro atoms. The van der Waals surface area contributed by atoms with Gasteiger partial charge >= 0.3 is 0 Å². The Balaban J connectivity index is 0.00000132. The van der Waals surface area contributed by atoms with Crippen molar-refractivity contribution in [2.45, 2.75) is 44.2 Å². The molecule has 23 heavy (non-hydrogen) atoms. The molecule has 1 aliphatic heterocycles. The molecule has 2 aliphatic rings. The number of piperazine rings is 1. The summed E-state index contributed by atoms with van der Waals surface area (Å²) in [5, 5.41) is 10.0. The van der Waals surface area contributed by atoms with Gasteiger partial charge in [-0.15, -0.1) is 24.8 Å². The van der Waals surface area contributed by atoms with Crippen molar-refractivity contribution in [2.75, 3.05) is 32.7 Å². The Morgan fingerprint density at radius 3 is 2.26 bits per heavy atom. The second-order valence-electron chi connectivity index (χ2n) is 6.53. The number of rotatable bonds is 5. The average Bonchev–Trinajstić information content (AvgIpc) is 2.95. The highest BCUT2D eigenvalue weighted by molar-refractivity contribution is 5.85. The van der Waals surface area contributed by atoms with E-state index in [2.05, 4.69) is 40.1 Å². The van der Waals surface area contributed by atoms with Crippen molar-refractivity contribution in [3.05, 3.63) is 35.9 Å². The minimum absolute atomic E-state index is 0. The number of nitrogens with zero attached hydrogens (tertiary/aromatic N) is 2. The van der Waals surface area contributed by atoms with E-state index in [9.17, 15) is 5.11 Å². The van der Waals surface area contributed by atoms with Gasteiger partial charge in [0.25, 0.3) is 0 Å². The van der Waals surface area contributed by atoms with Gasteiger partial charge in [-0.2, -0.15) is 0 Å². The van der Waals surface area contributed by atoms with Crippen LogP contribution >= 0.6 is 24.8 Å². The number of aryl methyl sites for hydroxylation is 1. The van der Waals surface area contributed by atoms with E-state index in [1.807, 2.05) is 0 Å². The fourth-order valence-corrected chi connectivity index (χ4v) is 3.82. The van der Waals surface area contributed by atoms with E-state index in [0.29, 0.717) is 6.04 Å². The lowest BCUT2D eigenvalue weighted by atomic mass is 10.1. The molecule has 0 radical (unpaired) electrons. The summed E-state index contributed by atoms with van der Waals surface area (Å²) in [6, 6.07) is 11.2. The molecule has 2 atom stereocenters. The lowest BCUT2D eigenvalue weighted by Crippen LogP contribution is -2.52. The molecule has 1 heterocycles. The number of hydrogen-bond acceptors (Lipinski definition) is 3. The second kappa shape index (κ2) is 10.5. The molecule has 1 aliphatic carbocycles. The molecule has 0 unspecified atom stereocenters. The largest absolute Gasteiger partial charge is 0.391 e. The van der Waals surface area contributed by atoms with E-state index in [4.69, 9.17) is 0 Å². The van der Waals surface area contributed by atoms with E-state index < -0.39 is 0 Å². The van der Waals surface area contributed by atoms with Crippen LogP contribution in [0.2, 0.25) is 0 Å². The van der Waals surface area contributed by atoms with E-state index in [1.54, 1.807) is 0 Å². The van der Waals surface area contributed by atoms with E-state index in [0.717, 1.165) is 32.6 Å². The number of halogens is 2. The number of hydrogen-bond donors (Lipinski definition) is 1. The van der Waals surface area contributed by atoms with Gasteiger partial charge in [-0.3, -0.25) is 4.90 Å². The summed E-state index contributed by atoms with van der Waals surface area (Å²) < 4.78 is 0. The Morgan fingerprint density at radius 2 is 1.65 bits per heavy atom. The molecule has 0 amide bonds. The van der Waals surface area contributed by atoms with E-state index in [-0.39, 0.29) is 30.9 Å². The Kier molecular flexibility index (Phi) is 9.48. The maximum Gasteiger partial charge on any atom is 0.0695 e. The van der Waals surface area contributed by atoms with Gasteiger partial charge in [0.1, 0.15) is 0 Å². The molecule has 1 saturated carbocycles.